The van der Waals surface area contributed by atoms with Crippen molar-refractivity contribution in [3.63, 3.8) is 0 Å². The molecule has 2 rings (SSSR count). The third kappa shape index (κ3) is 3.82. The van der Waals surface area contributed by atoms with Crippen LogP contribution in [0.15, 0.2) is 30.3 Å². The van der Waals surface area contributed by atoms with E-state index in [0.29, 0.717) is 6.10 Å². The van der Waals surface area contributed by atoms with Gasteiger partial charge in [0.2, 0.25) is 0 Å². The summed E-state index contributed by atoms with van der Waals surface area (Å²) >= 11 is 0. The lowest BCUT2D eigenvalue weighted by Gasteiger charge is -2.19. The highest BCUT2D eigenvalue weighted by atomic mass is 16.5. The quantitative estimate of drug-likeness (QED) is 0.835. The largest absolute Gasteiger partial charge is 0.393 e. The SMILES string of the molecule is CC(c1ccccc1)C(O)CCCC1CCCO1. The van der Waals surface area contributed by atoms with Crippen molar-refractivity contribution in [1.82, 2.24) is 0 Å². The molecule has 1 aliphatic heterocycles. The molecular weight excluding hydrogens is 224 g/mol. The Labute approximate surface area is 110 Å². The second-order valence-electron chi connectivity index (χ2n) is 5.33. The summed E-state index contributed by atoms with van der Waals surface area (Å²) in [6.45, 7) is 3.03. The Kier molecular flexibility index (Phi) is 5.21. The topological polar surface area (TPSA) is 29.5 Å². The Balaban J connectivity index is 1.72. The van der Waals surface area contributed by atoms with E-state index in [2.05, 4.69) is 19.1 Å². The minimum atomic E-state index is -0.242. The molecule has 0 radical (unpaired) electrons. The van der Waals surface area contributed by atoms with Gasteiger partial charge in [0.25, 0.3) is 0 Å². The van der Waals surface area contributed by atoms with Crippen LogP contribution in [0, 0.1) is 0 Å². The predicted octanol–water partition coefficient (Wildman–Crippen LogP) is 3.50. The molecular formula is C16H24O2. The van der Waals surface area contributed by atoms with Crippen molar-refractivity contribution in [2.45, 2.75) is 57.2 Å². The summed E-state index contributed by atoms with van der Waals surface area (Å²) in [6, 6.07) is 10.3. The van der Waals surface area contributed by atoms with Gasteiger partial charge in [-0.25, -0.2) is 0 Å². The lowest BCUT2D eigenvalue weighted by Crippen LogP contribution is -2.16. The zero-order valence-electron chi connectivity index (χ0n) is 11.2. The Morgan fingerprint density at radius 1 is 1.33 bits per heavy atom. The molecule has 18 heavy (non-hydrogen) atoms. The van der Waals surface area contributed by atoms with Crippen molar-refractivity contribution < 1.29 is 9.84 Å². The molecule has 1 heterocycles. The first-order chi connectivity index (χ1) is 8.77. The van der Waals surface area contributed by atoms with Crippen LogP contribution in [0.2, 0.25) is 0 Å². The molecule has 100 valence electrons. The van der Waals surface area contributed by atoms with Crippen molar-refractivity contribution >= 4 is 0 Å². The first kappa shape index (κ1) is 13.6. The fraction of sp³-hybridized carbons (Fsp3) is 0.625. The van der Waals surface area contributed by atoms with Crippen LogP contribution < -0.4 is 0 Å². The van der Waals surface area contributed by atoms with Gasteiger partial charge in [0, 0.05) is 12.5 Å². The highest BCUT2D eigenvalue weighted by molar-refractivity contribution is 5.19. The molecule has 1 fully saturated rings. The van der Waals surface area contributed by atoms with Gasteiger partial charge in [0.15, 0.2) is 0 Å². The molecule has 1 aromatic rings. The molecule has 0 saturated carbocycles. The Hall–Kier alpha value is -0.860. The lowest BCUT2D eigenvalue weighted by molar-refractivity contribution is 0.0907. The van der Waals surface area contributed by atoms with E-state index in [1.165, 1.54) is 18.4 Å². The third-order valence-electron chi connectivity index (χ3n) is 3.95. The van der Waals surface area contributed by atoms with Crippen LogP contribution in [0.25, 0.3) is 0 Å². The second kappa shape index (κ2) is 6.91. The van der Waals surface area contributed by atoms with Gasteiger partial charge < -0.3 is 9.84 Å². The molecule has 2 nitrogen and oxygen atoms in total. The number of aliphatic hydroxyl groups is 1. The Bertz CT molecular complexity index is 330. The molecule has 0 amide bonds. The number of hydrogen-bond acceptors (Lipinski definition) is 2. The van der Waals surface area contributed by atoms with Crippen LogP contribution in [0.4, 0.5) is 0 Å². The van der Waals surface area contributed by atoms with Crippen LogP contribution in [-0.2, 0) is 4.74 Å². The van der Waals surface area contributed by atoms with Crippen molar-refractivity contribution in [2.75, 3.05) is 6.61 Å². The maximum absolute atomic E-state index is 10.2. The van der Waals surface area contributed by atoms with E-state index < -0.39 is 0 Å². The molecule has 0 aromatic heterocycles. The van der Waals surface area contributed by atoms with Crippen LogP contribution in [0.1, 0.15) is 50.5 Å². The van der Waals surface area contributed by atoms with Crippen molar-refractivity contribution in [2.24, 2.45) is 0 Å². The van der Waals surface area contributed by atoms with E-state index in [4.69, 9.17) is 4.74 Å². The van der Waals surface area contributed by atoms with Gasteiger partial charge >= 0.3 is 0 Å². The second-order valence-corrected chi connectivity index (χ2v) is 5.33. The molecule has 3 unspecified atom stereocenters. The van der Waals surface area contributed by atoms with E-state index >= 15 is 0 Å². The summed E-state index contributed by atoms with van der Waals surface area (Å²) in [5, 5.41) is 10.2. The number of rotatable bonds is 6. The molecule has 1 saturated heterocycles. The van der Waals surface area contributed by atoms with Gasteiger partial charge in [-0.05, 0) is 37.7 Å². The van der Waals surface area contributed by atoms with Crippen molar-refractivity contribution in [1.29, 1.82) is 0 Å². The molecule has 0 aliphatic carbocycles. The zero-order chi connectivity index (χ0) is 12.8. The maximum Gasteiger partial charge on any atom is 0.0606 e. The predicted molar refractivity (Wildman–Crippen MR) is 73.7 cm³/mol. The summed E-state index contributed by atoms with van der Waals surface area (Å²) in [7, 11) is 0. The average molecular weight is 248 g/mol. The standard InChI is InChI=1S/C16H24O2/c1-13(14-7-3-2-4-8-14)16(17)11-5-9-15-10-6-12-18-15/h2-4,7-8,13,15-17H,5-6,9-12H2,1H3. The fourth-order valence-electron chi connectivity index (χ4n) is 2.66. The molecule has 1 aliphatic rings. The first-order valence-electron chi connectivity index (χ1n) is 7.12. The molecule has 1 N–H and O–H groups in total. The number of aliphatic hydroxyl groups excluding tert-OH is 1. The Morgan fingerprint density at radius 3 is 2.78 bits per heavy atom. The van der Waals surface area contributed by atoms with Gasteiger partial charge in [0.05, 0.1) is 12.2 Å². The van der Waals surface area contributed by atoms with Crippen molar-refractivity contribution in [3.8, 4) is 0 Å². The number of benzene rings is 1. The summed E-state index contributed by atoms with van der Waals surface area (Å²) in [5.41, 5.74) is 1.22. The van der Waals surface area contributed by atoms with Gasteiger partial charge in [-0.3, -0.25) is 0 Å². The van der Waals surface area contributed by atoms with E-state index in [1.807, 2.05) is 18.2 Å². The van der Waals surface area contributed by atoms with E-state index in [9.17, 15) is 5.11 Å². The van der Waals surface area contributed by atoms with Gasteiger partial charge in [0.1, 0.15) is 0 Å². The average Bonchev–Trinajstić information content (AvgIpc) is 2.92. The number of ether oxygens (including phenoxy) is 1. The molecule has 1 aromatic carbocycles. The van der Waals surface area contributed by atoms with Gasteiger partial charge in [-0.2, -0.15) is 0 Å². The molecule has 2 heteroatoms. The Morgan fingerprint density at radius 2 is 2.11 bits per heavy atom. The highest BCUT2D eigenvalue weighted by Gasteiger charge is 2.18. The fourth-order valence-corrected chi connectivity index (χ4v) is 2.66. The number of hydrogen-bond donors (Lipinski definition) is 1. The molecule has 0 spiro atoms. The molecule has 3 atom stereocenters. The van der Waals surface area contributed by atoms with E-state index in [-0.39, 0.29) is 12.0 Å². The van der Waals surface area contributed by atoms with Crippen LogP contribution >= 0.6 is 0 Å². The monoisotopic (exact) mass is 248 g/mol. The van der Waals surface area contributed by atoms with Gasteiger partial charge in [-0.15, -0.1) is 0 Å². The minimum absolute atomic E-state index is 0.218. The summed E-state index contributed by atoms with van der Waals surface area (Å²) < 4.78 is 5.60. The summed E-state index contributed by atoms with van der Waals surface area (Å²) in [6.07, 6.45) is 5.63. The summed E-state index contributed by atoms with van der Waals surface area (Å²) in [4.78, 5) is 0. The first-order valence-corrected chi connectivity index (χ1v) is 7.12. The van der Waals surface area contributed by atoms with Crippen molar-refractivity contribution in [3.05, 3.63) is 35.9 Å². The smallest absolute Gasteiger partial charge is 0.0606 e. The third-order valence-corrected chi connectivity index (χ3v) is 3.95. The normalized spacial score (nSPS) is 22.9. The lowest BCUT2D eigenvalue weighted by atomic mass is 9.92. The maximum atomic E-state index is 10.2. The molecule has 0 bridgehead atoms. The minimum Gasteiger partial charge on any atom is -0.393 e. The van der Waals surface area contributed by atoms with Crippen LogP contribution in [-0.4, -0.2) is 23.9 Å². The van der Waals surface area contributed by atoms with E-state index in [0.717, 1.165) is 25.9 Å². The van der Waals surface area contributed by atoms with Crippen LogP contribution in [0.5, 0.6) is 0 Å². The summed E-state index contributed by atoms with van der Waals surface area (Å²) in [5.74, 6) is 0.218. The van der Waals surface area contributed by atoms with Gasteiger partial charge in [-0.1, -0.05) is 37.3 Å². The van der Waals surface area contributed by atoms with Crippen LogP contribution in [0.3, 0.4) is 0 Å². The van der Waals surface area contributed by atoms with E-state index in [1.54, 1.807) is 0 Å². The zero-order valence-corrected chi connectivity index (χ0v) is 11.2. The highest BCUT2D eigenvalue weighted by Crippen LogP contribution is 2.24.